The summed E-state index contributed by atoms with van der Waals surface area (Å²) in [6.45, 7) is 4.32. The van der Waals surface area contributed by atoms with Gasteiger partial charge in [0.05, 0.1) is 0 Å². The van der Waals surface area contributed by atoms with Gasteiger partial charge in [0.2, 0.25) is 0 Å². The van der Waals surface area contributed by atoms with Gasteiger partial charge in [-0.15, -0.1) is 0 Å². The molecule has 116 valence electrons. The maximum Gasteiger partial charge on any atom is 0.263 e. The summed E-state index contributed by atoms with van der Waals surface area (Å²) < 4.78 is 0. The average Bonchev–Trinajstić information content (AvgIpc) is 2.53. The Kier molecular flexibility index (Phi) is 5.85. The first-order valence-corrected chi connectivity index (χ1v) is 7.85. The van der Waals surface area contributed by atoms with Crippen LogP contribution in [-0.2, 0) is 11.3 Å². The maximum atomic E-state index is 12.1. The Hall–Kier alpha value is -1.99. The molecule has 1 heterocycles. The van der Waals surface area contributed by atoms with E-state index in [9.17, 15) is 10.1 Å². The van der Waals surface area contributed by atoms with E-state index >= 15 is 0 Å². The van der Waals surface area contributed by atoms with Gasteiger partial charge in [0.25, 0.3) is 5.91 Å². The zero-order chi connectivity index (χ0) is 15.9. The highest BCUT2D eigenvalue weighted by Crippen LogP contribution is 2.17. The number of amides is 1. The standard InChI is InChI=1S/C17H20ClN3O/c1-13-6-8-21(9-7-13)12-15(10-19)17(22)20-11-14-4-2-3-5-16(14)18/h2-5,12-13H,6-9,11H2,1H3,(H,20,22)/b15-12-. The van der Waals surface area contributed by atoms with Gasteiger partial charge in [0, 0.05) is 30.9 Å². The molecule has 0 radical (unpaired) electrons. The Morgan fingerprint density at radius 3 is 2.77 bits per heavy atom. The van der Waals surface area contributed by atoms with Gasteiger partial charge in [-0.05, 0) is 30.4 Å². The number of likely N-dealkylation sites (tertiary alicyclic amines) is 1. The van der Waals surface area contributed by atoms with Gasteiger partial charge in [0.15, 0.2) is 0 Å². The van der Waals surface area contributed by atoms with Crippen LogP contribution < -0.4 is 5.32 Å². The lowest BCUT2D eigenvalue weighted by Crippen LogP contribution is -2.31. The van der Waals surface area contributed by atoms with E-state index in [1.807, 2.05) is 29.2 Å². The molecule has 0 spiro atoms. The lowest BCUT2D eigenvalue weighted by atomic mass is 9.99. The van der Waals surface area contributed by atoms with Gasteiger partial charge < -0.3 is 10.2 Å². The Bertz CT molecular complexity index is 598. The van der Waals surface area contributed by atoms with Crippen LogP contribution in [0.5, 0.6) is 0 Å². The number of carbonyl (C=O) groups excluding carboxylic acids is 1. The molecule has 0 unspecified atom stereocenters. The Morgan fingerprint density at radius 2 is 2.14 bits per heavy atom. The van der Waals surface area contributed by atoms with E-state index in [-0.39, 0.29) is 11.5 Å². The molecule has 1 aromatic carbocycles. The van der Waals surface area contributed by atoms with Gasteiger partial charge in [-0.1, -0.05) is 36.7 Å². The van der Waals surface area contributed by atoms with Crippen molar-refractivity contribution in [2.75, 3.05) is 13.1 Å². The van der Waals surface area contributed by atoms with E-state index in [0.717, 1.165) is 31.5 Å². The molecule has 1 fully saturated rings. The summed E-state index contributed by atoms with van der Waals surface area (Å²) >= 11 is 6.05. The number of rotatable bonds is 4. The van der Waals surface area contributed by atoms with E-state index in [2.05, 4.69) is 12.2 Å². The van der Waals surface area contributed by atoms with Crippen LogP contribution >= 0.6 is 11.6 Å². The van der Waals surface area contributed by atoms with Crippen LogP contribution in [0, 0.1) is 17.2 Å². The molecule has 1 amide bonds. The number of nitrogens with one attached hydrogen (secondary N) is 1. The highest BCUT2D eigenvalue weighted by atomic mass is 35.5. The fourth-order valence-electron chi connectivity index (χ4n) is 2.39. The van der Waals surface area contributed by atoms with Crippen LogP contribution in [0.25, 0.3) is 0 Å². The summed E-state index contributed by atoms with van der Waals surface area (Å²) in [5, 5.41) is 12.6. The summed E-state index contributed by atoms with van der Waals surface area (Å²) in [6.07, 6.45) is 3.86. The molecule has 1 saturated heterocycles. The van der Waals surface area contributed by atoms with Gasteiger partial charge in [-0.2, -0.15) is 5.26 Å². The normalized spacial score (nSPS) is 16.2. The second-order valence-corrected chi connectivity index (χ2v) is 6.05. The number of carbonyl (C=O) groups is 1. The van der Waals surface area contributed by atoms with Gasteiger partial charge in [-0.3, -0.25) is 4.79 Å². The highest BCUT2D eigenvalue weighted by Gasteiger charge is 2.16. The van der Waals surface area contributed by atoms with E-state index < -0.39 is 0 Å². The average molecular weight is 318 g/mol. The molecule has 4 nitrogen and oxygen atoms in total. The lowest BCUT2D eigenvalue weighted by molar-refractivity contribution is -0.117. The molecule has 2 rings (SSSR count). The zero-order valence-electron chi connectivity index (χ0n) is 12.7. The van der Waals surface area contributed by atoms with E-state index in [1.165, 1.54) is 0 Å². The van der Waals surface area contributed by atoms with Gasteiger partial charge >= 0.3 is 0 Å². The molecule has 22 heavy (non-hydrogen) atoms. The first kappa shape index (κ1) is 16.4. The molecule has 0 aliphatic carbocycles. The van der Waals surface area contributed by atoms with Crippen molar-refractivity contribution < 1.29 is 4.79 Å². The second-order valence-electron chi connectivity index (χ2n) is 5.65. The van der Waals surface area contributed by atoms with Crippen LogP contribution in [0.15, 0.2) is 36.0 Å². The fourth-order valence-corrected chi connectivity index (χ4v) is 2.59. The van der Waals surface area contributed by atoms with Crippen molar-refractivity contribution in [3.8, 4) is 6.07 Å². The SMILES string of the molecule is CC1CCN(/C=C(/C#N)C(=O)NCc2ccccc2Cl)CC1. The van der Waals surface area contributed by atoms with Crippen molar-refractivity contribution in [2.45, 2.75) is 26.3 Å². The van der Waals surface area contributed by atoms with E-state index in [0.29, 0.717) is 17.5 Å². The monoisotopic (exact) mass is 317 g/mol. The largest absolute Gasteiger partial charge is 0.376 e. The minimum Gasteiger partial charge on any atom is -0.376 e. The number of hydrogen-bond acceptors (Lipinski definition) is 3. The molecule has 1 aliphatic rings. The summed E-state index contributed by atoms with van der Waals surface area (Å²) in [7, 11) is 0. The predicted octanol–water partition coefficient (Wildman–Crippen LogP) is 3.10. The van der Waals surface area contributed by atoms with Crippen molar-refractivity contribution >= 4 is 17.5 Å². The minimum atomic E-state index is -0.360. The Balaban J connectivity index is 1.95. The molecule has 1 aliphatic heterocycles. The molecule has 5 heteroatoms. The number of halogens is 1. The molecular weight excluding hydrogens is 298 g/mol. The number of nitrogens with zero attached hydrogens (tertiary/aromatic N) is 2. The molecule has 1 N–H and O–H groups in total. The first-order valence-electron chi connectivity index (χ1n) is 7.47. The molecule has 0 saturated carbocycles. The van der Waals surface area contributed by atoms with Crippen molar-refractivity contribution in [2.24, 2.45) is 5.92 Å². The Labute approximate surface area is 136 Å². The van der Waals surface area contributed by atoms with Crippen molar-refractivity contribution in [1.29, 1.82) is 5.26 Å². The first-order chi connectivity index (χ1) is 10.6. The molecular formula is C17H20ClN3O. The minimum absolute atomic E-state index is 0.140. The predicted molar refractivity (Wildman–Crippen MR) is 87.0 cm³/mol. The van der Waals surface area contributed by atoms with Crippen molar-refractivity contribution in [3.05, 3.63) is 46.6 Å². The molecule has 0 bridgehead atoms. The zero-order valence-corrected chi connectivity index (χ0v) is 13.4. The smallest absolute Gasteiger partial charge is 0.263 e. The quantitative estimate of drug-likeness (QED) is 0.686. The third-order valence-electron chi connectivity index (χ3n) is 3.89. The van der Waals surface area contributed by atoms with Crippen molar-refractivity contribution in [3.63, 3.8) is 0 Å². The topological polar surface area (TPSA) is 56.1 Å². The van der Waals surface area contributed by atoms with E-state index in [4.69, 9.17) is 11.6 Å². The van der Waals surface area contributed by atoms with Gasteiger partial charge in [0.1, 0.15) is 11.6 Å². The third kappa shape index (κ3) is 4.51. The number of nitriles is 1. The second kappa shape index (κ2) is 7.86. The number of hydrogen-bond donors (Lipinski definition) is 1. The summed E-state index contributed by atoms with van der Waals surface area (Å²) in [5.41, 5.74) is 0.975. The maximum absolute atomic E-state index is 12.1. The van der Waals surface area contributed by atoms with Crippen LogP contribution in [-0.4, -0.2) is 23.9 Å². The summed E-state index contributed by atoms with van der Waals surface area (Å²) in [6, 6.07) is 9.32. The summed E-state index contributed by atoms with van der Waals surface area (Å²) in [5.74, 6) is 0.352. The van der Waals surface area contributed by atoms with Crippen LogP contribution in [0.2, 0.25) is 5.02 Å². The molecule has 0 aromatic heterocycles. The number of piperidine rings is 1. The van der Waals surface area contributed by atoms with Crippen LogP contribution in [0.3, 0.4) is 0 Å². The lowest BCUT2D eigenvalue weighted by Gasteiger charge is -2.29. The van der Waals surface area contributed by atoms with E-state index in [1.54, 1.807) is 12.3 Å². The summed E-state index contributed by atoms with van der Waals surface area (Å²) in [4.78, 5) is 14.2. The van der Waals surface area contributed by atoms with Crippen LogP contribution in [0.1, 0.15) is 25.3 Å². The molecule has 1 aromatic rings. The number of benzene rings is 1. The third-order valence-corrected chi connectivity index (χ3v) is 4.26. The van der Waals surface area contributed by atoms with Gasteiger partial charge in [-0.25, -0.2) is 0 Å². The van der Waals surface area contributed by atoms with Crippen LogP contribution in [0.4, 0.5) is 0 Å². The Morgan fingerprint density at radius 1 is 1.45 bits per heavy atom. The molecule has 0 atom stereocenters. The fraction of sp³-hybridized carbons (Fsp3) is 0.412. The van der Waals surface area contributed by atoms with Crippen molar-refractivity contribution in [1.82, 2.24) is 10.2 Å². The highest BCUT2D eigenvalue weighted by molar-refractivity contribution is 6.31.